The lowest BCUT2D eigenvalue weighted by Gasteiger charge is -2.48. The first-order chi connectivity index (χ1) is 19.7. The van der Waals surface area contributed by atoms with Crippen molar-refractivity contribution in [1.29, 1.82) is 5.26 Å². The van der Waals surface area contributed by atoms with Gasteiger partial charge in [0, 0.05) is 53.4 Å². The van der Waals surface area contributed by atoms with Crippen LogP contribution in [0.2, 0.25) is 0 Å². The summed E-state index contributed by atoms with van der Waals surface area (Å²) in [4.78, 5) is 11.8. The first kappa shape index (κ1) is 27.4. The van der Waals surface area contributed by atoms with Gasteiger partial charge < -0.3 is 9.80 Å². The summed E-state index contributed by atoms with van der Waals surface area (Å²) >= 11 is 1.78. The van der Waals surface area contributed by atoms with E-state index in [-0.39, 0.29) is 5.41 Å². The highest BCUT2D eigenvalue weighted by molar-refractivity contribution is 7.99. The second kappa shape index (κ2) is 12.4. The molecule has 3 aliphatic rings. The number of likely N-dealkylation sites (tertiary alicyclic amines) is 1. The van der Waals surface area contributed by atoms with Crippen LogP contribution >= 0.6 is 11.8 Å². The molecule has 5 heteroatoms. The van der Waals surface area contributed by atoms with E-state index in [0.29, 0.717) is 17.8 Å². The smallest absolute Gasteiger partial charge is 0.0882 e. The minimum atomic E-state index is -0.334. The molecule has 0 bridgehead atoms. The van der Waals surface area contributed by atoms with Crippen molar-refractivity contribution >= 4 is 17.4 Å². The van der Waals surface area contributed by atoms with Gasteiger partial charge in [-0.25, -0.2) is 0 Å². The molecule has 1 aromatic heterocycles. The topological polar surface area (TPSA) is 43.2 Å². The van der Waals surface area contributed by atoms with Crippen LogP contribution in [-0.4, -0.2) is 42.6 Å². The van der Waals surface area contributed by atoms with Crippen LogP contribution in [-0.2, 0) is 5.41 Å². The van der Waals surface area contributed by atoms with E-state index in [2.05, 4.69) is 94.5 Å². The van der Waals surface area contributed by atoms with Crippen molar-refractivity contribution in [3.05, 3.63) is 84.7 Å². The minimum absolute atomic E-state index is 0.334. The molecule has 0 spiro atoms. The van der Waals surface area contributed by atoms with Gasteiger partial charge in [-0.1, -0.05) is 68.3 Å². The zero-order chi connectivity index (χ0) is 27.4. The average molecular weight is 551 g/mol. The third-order valence-electron chi connectivity index (χ3n) is 10.00. The monoisotopic (exact) mass is 550 g/mol. The Morgan fingerprint density at radius 3 is 2.27 bits per heavy atom. The SMILES string of the molecule is CCC1CCCC1C(C#N)(c1ccccc1)C1CCN(CC2CN(c3ccc(Sc4ccncc4)cc3)C2)CC1. The second-order valence-corrected chi connectivity index (χ2v) is 13.3. The Morgan fingerprint density at radius 2 is 1.60 bits per heavy atom. The summed E-state index contributed by atoms with van der Waals surface area (Å²) in [6.45, 7) is 8.05. The van der Waals surface area contributed by atoms with Crippen LogP contribution in [0.1, 0.15) is 51.0 Å². The Hall–Kier alpha value is -2.81. The maximum Gasteiger partial charge on any atom is 0.0882 e. The van der Waals surface area contributed by atoms with Gasteiger partial charge >= 0.3 is 0 Å². The maximum absolute atomic E-state index is 10.9. The number of benzene rings is 2. The highest BCUT2D eigenvalue weighted by Crippen LogP contribution is 2.53. The Bertz CT molecular complexity index is 1260. The van der Waals surface area contributed by atoms with Crippen molar-refractivity contribution in [2.24, 2.45) is 23.7 Å². The lowest BCUT2D eigenvalue weighted by atomic mass is 9.58. The molecule has 3 atom stereocenters. The molecule has 40 heavy (non-hydrogen) atoms. The summed E-state index contributed by atoms with van der Waals surface area (Å²) in [5, 5.41) is 10.9. The molecular weight excluding hydrogens is 508 g/mol. The molecule has 3 heterocycles. The number of nitrogens with zero attached hydrogens (tertiary/aromatic N) is 4. The van der Waals surface area contributed by atoms with Gasteiger partial charge in [0.2, 0.25) is 0 Å². The third kappa shape index (κ3) is 5.54. The lowest BCUT2D eigenvalue weighted by Crippen LogP contribution is -2.54. The number of nitriles is 1. The van der Waals surface area contributed by atoms with E-state index in [4.69, 9.17) is 0 Å². The van der Waals surface area contributed by atoms with Gasteiger partial charge in [-0.3, -0.25) is 4.98 Å². The highest BCUT2D eigenvalue weighted by Gasteiger charge is 2.51. The van der Waals surface area contributed by atoms with E-state index in [9.17, 15) is 5.26 Å². The van der Waals surface area contributed by atoms with Crippen molar-refractivity contribution in [3.8, 4) is 6.07 Å². The summed E-state index contributed by atoms with van der Waals surface area (Å²) in [5.74, 6) is 2.37. The van der Waals surface area contributed by atoms with E-state index in [1.54, 1.807) is 11.8 Å². The zero-order valence-corrected chi connectivity index (χ0v) is 24.6. The molecule has 3 aromatic rings. The third-order valence-corrected chi connectivity index (χ3v) is 11.0. The zero-order valence-electron chi connectivity index (χ0n) is 23.8. The summed E-state index contributed by atoms with van der Waals surface area (Å²) in [5.41, 5.74) is 2.28. The predicted octanol–water partition coefficient (Wildman–Crippen LogP) is 7.67. The fraction of sp³-hybridized carbons (Fsp3) is 0.486. The number of aromatic nitrogens is 1. The molecule has 3 fully saturated rings. The van der Waals surface area contributed by atoms with Crippen molar-refractivity contribution < 1.29 is 0 Å². The van der Waals surface area contributed by atoms with Crippen LogP contribution < -0.4 is 4.90 Å². The fourth-order valence-electron chi connectivity index (χ4n) is 7.93. The normalized spacial score (nSPS) is 23.9. The molecule has 6 rings (SSSR count). The fourth-order valence-corrected chi connectivity index (χ4v) is 8.73. The van der Waals surface area contributed by atoms with Gasteiger partial charge in [0.15, 0.2) is 0 Å². The van der Waals surface area contributed by atoms with E-state index in [0.717, 1.165) is 44.9 Å². The molecule has 1 aliphatic carbocycles. The summed E-state index contributed by atoms with van der Waals surface area (Å²) in [6.07, 6.45) is 11.0. The van der Waals surface area contributed by atoms with E-state index >= 15 is 0 Å². The van der Waals surface area contributed by atoms with Crippen LogP contribution in [0, 0.1) is 35.0 Å². The first-order valence-corrected chi connectivity index (χ1v) is 16.1. The number of anilines is 1. The molecule has 2 aliphatic heterocycles. The summed E-state index contributed by atoms with van der Waals surface area (Å²) in [7, 11) is 0. The number of hydrogen-bond acceptors (Lipinski definition) is 5. The summed E-state index contributed by atoms with van der Waals surface area (Å²) < 4.78 is 0. The predicted molar refractivity (Wildman–Crippen MR) is 165 cm³/mol. The Balaban J connectivity index is 1.03. The van der Waals surface area contributed by atoms with Gasteiger partial charge in [-0.15, -0.1) is 0 Å². The Kier molecular flexibility index (Phi) is 8.46. The molecule has 3 unspecified atom stereocenters. The number of rotatable bonds is 9. The first-order valence-electron chi connectivity index (χ1n) is 15.3. The standard InChI is InChI=1S/C35H42N4S/c1-2-28-7-6-10-34(28)35(26-36,29-8-4-3-5-9-29)30-17-21-38(22-18-30)23-27-24-39(25-27)31-11-13-32(14-12-31)40-33-15-19-37-20-16-33/h3-5,8-9,11-16,19-20,27-28,30,34H,2,6-7,10,17-18,21-25H2,1H3. The lowest BCUT2D eigenvalue weighted by molar-refractivity contribution is 0.0901. The van der Waals surface area contributed by atoms with E-state index in [1.165, 1.54) is 53.3 Å². The molecule has 2 saturated heterocycles. The van der Waals surface area contributed by atoms with Crippen molar-refractivity contribution in [2.45, 2.75) is 60.7 Å². The maximum atomic E-state index is 10.9. The van der Waals surface area contributed by atoms with Crippen LogP contribution in [0.5, 0.6) is 0 Å². The van der Waals surface area contributed by atoms with Gasteiger partial charge in [0.25, 0.3) is 0 Å². The number of piperidine rings is 1. The molecule has 0 N–H and O–H groups in total. The minimum Gasteiger partial charge on any atom is -0.371 e. The quantitative estimate of drug-likeness (QED) is 0.273. The molecule has 0 amide bonds. The molecule has 208 valence electrons. The molecule has 1 saturated carbocycles. The number of pyridine rings is 1. The molecular formula is C35H42N4S. The van der Waals surface area contributed by atoms with E-state index < -0.39 is 0 Å². The average Bonchev–Trinajstić information content (AvgIpc) is 3.47. The molecule has 4 nitrogen and oxygen atoms in total. The number of hydrogen-bond donors (Lipinski definition) is 0. The Morgan fingerprint density at radius 1 is 0.900 bits per heavy atom. The van der Waals surface area contributed by atoms with Crippen LogP contribution in [0.3, 0.4) is 0 Å². The molecule has 2 aromatic carbocycles. The van der Waals surface area contributed by atoms with Gasteiger partial charge in [-0.05, 0) is 92.1 Å². The summed E-state index contributed by atoms with van der Waals surface area (Å²) in [6, 6.07) is 27.0. The van der Waals surface area contributed by atoms with E-state index in [1.807, 2.05) is 12.4 Å². The second-order valence-electron chi connectivity index (χ2n) is 12.2. The van der Waals surface area contributed by atoms with Crippen molar-refractivity contribution in [3.63, 3.8) is 0 Å². The van der Waals surface area contributed by atoms with Crippen molar-refractivity contribution in [1.82, 2.24) is 9.88 Å². The van der Waals surface area contributed by atoms with Crippen molar-refractivity contribution in [2.75, 3.05) is 37.6 Å². The molecule has 0 radical (unpaired) electrons. The van der Waals surface area contributed by atoms with Gasteiger partial charge in [0.1, 0.15) is 0 Å². The Labute approximate surface area is 244 Å². The van der Waals surface area contributed by atoms with Gasteiger partial charge in [-0.2, -0.15) is 5.26 Å². The van der Waals surface area contributed by atoms with Gasteiger partial charge in [0.05, 0.1) is 11.5 Å². The van der Waals surface area contributed by atoms with Crippen LogP contribution in [0.4, 0.5) is 5.69 Å². The van der Waals surface area contributed by atoms with Crippen LogP contribution in [0.15, 0.2) is 88.9 Å². The highest BCUT2D eigenvalue weighted by atomic mass is 32.2. The van der Waals surface area contributed by atoms with Crippen LogP contribution in [0.25, 0.3) is 0 Å². The largest absolute Gasteiger partial charge is 0.371 e.